The number of nitrogens with one attached hydrogen (secondary N) is 1. The standard InChI is InChI=1S/C11H13Cl2NO/c1-14-5-4-10(15)7-8-6-9(12)2-3-11(8)13/h2-3,6,14H,4-5,7H2,1H3. The lowest BCUT2D eigenvalue weighted by Crippen LogP contribution is -2.14. The zero-order valence-corrected chi connectivity index (χ0v) is 10.0. The number of ketones is 1. The molecule has 0 atom stereocenters. The third-order valence-electron chi connectivity index (χ3n) is 2.05. The number of benzene rings is 1. The van der Waals surface area contributed by atoms with Crippen LogP contribution >= 0.6 is 23.2 Å². The highest BCUT2D eigenvalue weighted by Gasteiger charge is 2.07. The van der Waals surface area contributed by atoms with E-state index < -0.39 is 0 Å². The Morgan fingerprint density at radius 1 is 1.40 bits per heavy atom. The van der Waals surface area contributed by atoms with Gasteiger partial charge in [-0.25, -0.2) is 0 Å². The summed E-state index contributed by atoms with van der Waals surface area (Å²) in [6, 6.07) is 5.16. The van der Waals surface area contributed by atoms with Crippen LogP contribution in [0.5, 0.6) is 0 Å². The topological polar surface area (TPSA) is 29.1 Å². The number of Topliss-reactive ketones (excluding diaryl/α,β-unsaturated/α-hetero) is 1. The highest BCUT2D eigenvalue weighted by Crippen LogP contribution is 2.21. The van der Waals surface area contributed by atoms with E-state index in [1.807, 2.05) is 7.05 Å². The molecule has 15 heavy (non-hydrogen) atoms. The maximum Gasteiger partial charge on any atom is 0.138 e. The van der Waals surface area contributed by atoms with Crippen LogP contribution in [0.4, 0.5) is 0 Å². The molecule has 0 aliphatic rings. The van der Waals surface area contributed by atoms with Crippen molar-refractivity contribution in [2.24, 2.45) is 0 Å². The van der Waals surface area contributed by atoms with Crippen molar-refractivity contribution in [3.63, 3.8) is 0 Å². The van der Waals surface area contributed by atoms with Gasteiger partial charge in [0.1, 0.15) is 5.78 Å². The predicted molar refractivity (Wildman–Crippen MR) is 63.7 cm³/mol. The van der Waals surface area contributed by atoms with Crippen molar-refractivity contribution in [2.75, 3.05) is 13.6 Å². The van der Waals surface area contributed by atoms with Gasteiger partial charge in [-0.3, -0.25) is 4.79 Å². The first-order chi connectivity index (χ1) is 7.13. The van der Waals surface area contributed by atoms with Gasteiger partial charge in [0.05, 0.1) is 0 Å². The Labute approximate surface area is 99.6 Å². The summed E-state index contributed by atoms with van der Waals surface area (Å²) in [5.41, 5.74) is 0.797. The Balaban J connectivity index is 2.63. The average Bonchev–Trinajstić information content (AvgIpc) is 2.20. The molecule has 0 saturated heterocycles. The number of carbonyl (C=O) groups excluding carboxylic acids is 1. The SMILES string of the molecule is CNCCC(=O)Cc1cc(Cl)ccc1Cl. The van der Waals surface area contributed by atoms with E-state index in [9.17, 15) is 4.79 Å². The van der Waals surface area contributed by atoms with Crippen molar-refractivity contribution >= 4 is 29.0 Å². The Morgan fingerprint density at radius 3 is 2.80 bits per heavy atom. The van der Waals surface area contributed by atoms with Gasteiger partial charge in [-0.05, 0) is 30.8 Å². The second-order valence-corrected chi connectivity index (χ2v) is 4.15. The fourth-order valence-corrected chi connectivity index (χ4v) is 1.62. The summed E-state index contributed by atoms with van der Waals surface area (Å²) in [4.78, 5) is 11.5. The number of hydrogen-bond donors (Lipinski definition) is 1. The van der Waals surface area contributed by atoms with Gasteiger partial charge in [-0.1, -0.05) is 23.2 Å². The fourth-order valence-electron chi connectivity index (χ4n) is 1.24. The van der Waals surface area contributed by atoms with Gasteiger partial charge in [-0.2, -0.15) is 0 Å². The summed E-state index contributed by atoms with van der Waals surface area (Å²) in [5.74, 6) is 0.161. The van der Waals surface area contributed by atoms with Crippen LogP contribution in [-0.2, 0) is 11.2 Å². The number of halogens is 2. The Bertz CT molecular complexity index is 352. The van der Waals surface area contributed by atoms with Crippen LogP contribution < -0.4 is 5.32 Å². The molecule has 4 heteroatoms. The third kappa shape index (κ3) is 4.20. The molecule has 0 unspecified atom stereocenters. The van der Waals surface area contributed by atoms with Gasteiger partial charge in [0.15, 0.2) is 0 Å². The van der Waals surface area contributed by atoms with Crippen molar-refractivity contribution in [1.29, 1.82) is 0 Å². The summed E-state index contributed by atoms with van der Waals surface area (Å²) in [6.45, 7) is 0.691. The molecule has 0 heterocycles. The fraction of sp³-hybridized carbons (Fsp3) is 0.364. The summed E-state index contributed by atoms with van der Waals surface area (Å²) in [7, 11) is 1.82. The Morgan fingerprint density at radius 2 is 2.13 bits per heavy atom. The van der Waals surface area contributed by atoms with Gasteiger partial charge in [0.25, 0.3) is 0 Å². The molecule has 0 saturated carbocycles. The monoisotopic (exact) mass is 245 g/mol. The molecule has 1 aromatic carbocycles. The Hall–Kier alpha value is -0.570. The van der Waals surface area contributed by atoms with Crippen molar-refractivity contribution in [3.05, 3.63) is 33.8 Å². The molecule has 2 nitrogen and oxygen atoms in total. The van der Waals surface area contributed by atoms with E-state index in [1.54, 1.807) is 18.2 Å². The highest BCUT2D eigenvalue weighted by atomic mass is 35.5. The normalized spacial score (nSPS) is 10.3. The molecular weight excluding hydrogens is 233 g/mol. The van der Waals surface area contributed by atoms with Crippen molar-refractivity contribution in [3.8, 4) is 0 Å². The lowest BCUT2D eigenvalue weighted by atomic mass is 10.1. The van der Waals surface area contributed by atoms with E-state index in [-0.39, 0.29) is 5.78 Å². The largest absolute Gasteiger partial charge is 0.319 e. The molecule has 0 aliphatic carbocycles. The van der Waals surface area contributed by atoms with Crippen LogP contribution in [0.25, 0.3) is 0 Å². The first-order valence-corrected chi connectivity index (χ1v) is 5.49. The molecule has 1 rings (SSSR count). The van der Waals surface area contributed by atoms with Gasteiger partial charge < -0.3 is 5.32 Å². The van der Waals surface area contributed by atoms with E-state index >= 15 is 0 Å². The van der Waals surface area contributed by atoms with Crippen LogP contribution in [-0.4, -0.2) is 19.4 Å². The van der Waals surface area contributed by atoms with E-state index in [2.05, 4.69) is 5.32 Å². The summed E-state index contributed by atoms with van der Waals surface area (Å²) >= 11 is 11.8. The van der Waals surface area contributed by atoms with Gasteiger partial charge >= 0.3 is 0 Å². The summed E-state index contributed by atoms with van der Waals surface area (Å²) in [5, 5.41) is 4.13. The lowest BCUT2D eigenvalue weighted by Gasteiger charge is -2.04. The molecule has 0 aliphatic heterocycles. The molecule has 0 amide bonds. The molecule has 0 fully saturated rings. The summed E-state index contributed by atoms with van der Waals surface area (Å²) < 4.78 is 0. The van der Waals surface area contributed by atoms with Gasteiger partial charge in [0.2, 0.25) is 0 Å². The first kappa shape index (κ1) is 12.5. The van der Waals surface area contributed by atoms with Gasteiger partial charge in [-0.15, -0.1) is 0 Å². The maximum atomic E-state index is 11.5. The molecule has 82 valence electrons. The summed E-state index contributed by atoms with van der Waals surface area (Å²) in [6.07, 6.45) is 0.862. The minimum atomic E-state index is 0.161. The Kier molecular flexibility index (Phi) is 5.09. The molecule has 1 aromatic rings. The predicted octanol–water partition coefficient (Wildman–Crippen LogP) is 2.71. The smallest absolute Gasteiger partial charge is 0.138 e. The van der Waals surface area contributed by atoms with Crippen LogP contribution in [0.1, 0.15) is 12.0 Å². The van der Waals surface area contributed by atoms with E-state index in [0.29, 0.717) is 29.4 Å². The highest BCUT2D eigenvalue weighted by molar-refractivity contribution is 6.33. The number of carbonyl (C=O) groups is 1. The average molecular weight is 246 g/mol. The van der Waals surface area contributed by atoms with Crippen molar-refractivity contribution in [1.82, 2.24) is 5.32 Å². The second-order valence-electron chi connectivity index (χ2n) is 3.30. The number of rotatable bonds is 5. The molecule has 0 aromatic heterocycles. The third-order valence-corrected chi connectivity index (χ3v) is 2.65. The molecule has 0 spiro atoms. The van der Waals surface area contributed by atoms with E-state index in [4.69, 9.17) is 23.2 Å². The molecular formula is C11H13Cl2NO. The van der Waals surface area contributed by atoms with Crippen LogP contribution in [0.3, 0.4) is 0 Å². The van der Waals surface area contributed by atoms with Gasteiger partial charge in [0, 0.05) is 29.4 Å². The zero-order valence-electron chi connectivity index (χ0n) is 8.52. The van der Waals surface area contributed by atoms with E-state index in [0.717, 1.165) is 5.56 Å². The minimum Gasteiger partial charge on any atom is -0.319 e. The van der Waals surface area contributed by atoms with Crippen LogP contribution in [0.15, 0.2) is 18.2 Å². The molecule has 0 radical (unpaired) electrons. The quantitative estimate of drug-likeness (QED) is 0.865. The molecule has 1 N–H and O–H groups in total. The molecule has 0 bridgehead atoms. The van der Waals surface area contributed by atoms with Crippen molar-refractivity contribution in [2.45, 2.75) is 12.8 Å². The van der Waals surface area contributed by atoms with Crippen LogP contribution in [0, 0.1) is 0 Å². The second kappa shape index (κ2) is 6.11. The number of hydrogen-bond acceptors (Lipinski definition) is 2. The maximum absolute atomic E-state index is 11.5. The van der Waals surface area contributed by atoms with Crippen molar-refractivity contribution < 1.29 is 4.79 Å². The first-order valence-electron chi connectivity index (χ1n) is 4.73. The lowest BCUT2D eigenvalue weighted by molar-refractivity contribution is -0.118. The zero-order chi connectivity index (χ0) is 11.3. The van der Waals surface area contributed by atoms with E-state index in [1.165, 1.54) is 0 Å². The van der Waals surface area contributed by atoms with Crippen LogP contribution in [0.2, 0.25) is 10.0 Å². The minimum absolute atomic E-state index is 0.161.